The largest absolute Gasteiger partial charge is 0.342 e. The number of fused-ring (bicyclic) bond motifs is 1. The van der Waals surface area contributed by atoms with Gasteiger partial charge in [0.15, 0.2) is 0 Å². The van der Waals surface area contributed by atoms with Gasteiger partial charge in [-0.3, -0.25) is 4.79 Å². The zero-order valence-electron chi connectivity index (χ0n) is 11.9. The molecule has 0 aliphatic heterocycles. The predicted octanol–water partition coefficient (Wildman–Crippen LogP) is 3.46. The second-order valence-electron chi connectivity index (χ2n) is 5.57. The molecule has 0 saturated heterocycles. The van der Waals surface area contributed by atoms with Crippen LogP contribution >= 0.6 is 0 Å². The molecule has 5 nitrogen and oxygen atoms in total. The van der Waals surface area contributed by atoms with Crippen molar-refractivity contribution < 1.29 is 4.79 Å². The van der Waals surface area contributed by atoms with Gasteiger partial charge in [0.05, 0.1) is 17.1 Å². The number of amides is 1. The van der Waals surface area contributed by atoms with E-state index in [1.54, 1.807) is 0 Å². The van der Waals surface area contributed by atoms with Crippen LogP contribution in [0.25, 0.3) is 11.0 Å². The number of nitrogens with one attached hydrogen (secondary N) is 2. The Morgan fingerprint density at radius 3 is 2.95 bits per heavy atom. The van der Waals surface area contributed by atoms with E-state index in [0.717, 1.165) is 16.9 Å². The second-order valence-corrected chi connectivity index (χ2v) is 5.57. The summed E-state index contributed by atoms with van der Waals surface area (Å²) in [6.45, 7) is 0. The maximum absolute atomic E-state index is 11.4. The third-order valence-corrected chi connectivity index (χ3v) is 4.02. The topological polar surface area (TPSA) is 81.6 Å². The highest BCUT2D eigenvalue weighted by Crippen LogP contribution is 2.32. The van der Waals surface area contributed by atoms with Crippen LogP contribution in [0.2, 0.25) is 0 Å². The van der Waals surface area contributed by atoms with Crippen LogP contribution in [0.4, 0.5) is 5.69 Å². The Bertz CT molecular complexity index is 692. The fourth-order valence-electron chi connectivity index (χ4n) is 2.95. The molecule has 0 radical (unpaired) electrons. The van der Waals surface area contributed by atoms with Crippen molar-refractivity contribution in [3.05, 3.63) is 24.0 Å². The van der Waals surface area contributed by atoms with Crippen molar-refractivity contribution in [2.45, 2.75) is 44.4 Å². The lowest BCUT2D eigenvalue weighted by Crippen LogP contribution is -2.09. The number of anilines is 1. The Hall–Kier alpha value is -2.35. The van der Waals surface area contributed by atoms with Gasteiger partial charge in [0.25, 0.3) is 0 Å². The van der Waals surface area contributed by atoms with Crippen molar-refractivity contribution in [2.24, 2.45) is 0 Å². The summed E-state index contributed by atoms with van der Waals surface area (Å²) in [6, 6.07) is 7.44. The van der Waals surface area contributed by atoms with Gasteiger partial charge in [0.2, 0.25) is 5.91 Å². The van der Waals surface area contributed by atoms with Gasteiger partial charge in [0, 0.05) is 11.6 Å². The molecule has 0 spiro atoms. The second kappa shape index (κ2) is 5.96. The molecule has 3 rings (SSSR count). The highest BCUT2D eigenvalue weighted by Gasteiger charge is 2.18. The van der Waals surface area contributed by atoms with Gasteiger partial charge in [0.1, 0.15) is 12.2 Å². The van der Waals surface area contributed by atoms with Gasteiger partial charge in [-0.25, -0.2) is 4.98 Å². The first-order valence-corrected chi connectivity index (χ1v) is 7.43. The molecule has 1 fully saturated rings. The van der Waals surface area contributed by atoms with Crippen molar-refractivity contribution in [3.63, 3.8) is 0 Å². The predicted molar refractivity (Wildman–Crippen MR) is 80.8 cm³/mol. The third kappa shape index (κ3) is 3.05. The normalized spacial score (nSPS) is 15.8. The van der Waals surface area contributed by atoms with Crippen LogP contribution in [-0.2, 0) is 4.79 Å². The Balaban J connectivity index is 1.81. The molecular formula is C16H18N4O. The number of hydrogen-bond donors (Lipinski definition) is 2. The lowest BCUT2D eigenvalue weighted by Gasteiger charge is -2.18. The van der Waals surface area contributed by atoms with E-state index in [0.29, 0.717) is 11.6 Å². The van der Waals surface area contributed by atoms with Crippen LogP contribution in [0.3, 0.4) is 0 Å². The summed E-state index contributed by atoms with van der Waals surface area (Å²) in [7, 11) is 0. The highest BCUT2D eigenvalue weighted by molar-refractivity contribution is 5.94. The standard InChI is InChI=1S/C16H18N4O/c17-9-8-15(21)18-12-6-7-13-14(10-12)20-16(19-13)11-4-2-1-3-5-11/h6-7,10-11H,1-5,8H2,(H,18,21)(H,19,20). The zero-order chi connectivity index (χ0) is 14.7. The van der Waals surface area contributed by atoms with E-state index in [9.17, 15) is 4.79 Å². The minimum Gasteiger partial charge on any atom is -0.342 e. The first-order chi connectivity index (χ1) is 10.3. The van der Waals surface area contributed by atoms with Crippen LogP contribution in [0.15, 0.2) is 18.2 Å². The number of benzene rings is 1. The van der Waals surface area contributed by atoms with Crippen molar-refractivity contribution in [1.82, 2.24) is 9.97 Å². The van der Waals surface area contributed by atoms with E-state index >= 15 is 0 Å². The fraction of sp³-hybridized carbons (Fsp3) is 0.438. The molecule has 0 atom stereocenters. The molecule has 108 valence electrons. The molecule has 21 heavy (non-hydrogen) atoms. The minimum absolute atomic E-state index is 0.131. The van der Waals surface area contributed by atoms with Crippen LogP contribution in [0, 0.1) is 11.3 Å². The van der Waals surface area contributed by atoms with E-state index in [4.69, 9.17) is 5.26 Å². The molecule has 1 aromatic heterocycles. The maximum Gasteiger partial charge on any atom is 0.238 e. The molecule has 0 unspecified atom stereocenters. The molecule has 1 aromatic carbocycles. The van der Waals surface area contributed by atoms with E-state index < -0.39 is 0 Å². The van der Waals surface area contributed by atoms with Crippen molar-refractivity contribution >= 4 is 22.6 Å². The van der Waals surface area contributed by atoms with Crippen LogP contribution in [0.5, 0.6) is 0 Å². The van der Waals surface area contributed by atoms with E-state index in [2.05, 4.69) is 15.3 Å². The fourth-order valence-corrected chi connectivity index (χ4v) is 2.95. The number of aromatic nitrogens is 2. The summed E-state index contributed by atoms with van der Waals surface area (Å²) in [6.07, 6.45) is 6.14. The van der Waals surface area contributed by atoms with Gasteiger partial charge in [-0.1, -0.05) is 19.3 Å². The Kier molecular flexibility index (Phi) is 3.87. The van der Waals surface area contributed by atoms with E-state index in [1.807, 2.05) is 24.3 Å². The quantitative estimate of drug-likeness (QED) is 0.904. The molecule has 0 bridgehead atoms. The average Bonchev–Trinajstić information content (AvgIpc) is 2.91. The number of H-pyrrole nitrogens is 1. The molecule has 1 heterocycles. The summed E-state index contributed by atoms with van der Waals surface area (Å²) in [4.78, 5) is 19.5. The van der Waals surface area contributed by atoms with E-state index in [-0.39, 0.29) is 12.3 Å². The molecule has 1 aliphatic rings. The van der Waals surface area contributed by atoms with Gasteiger partial charge < -0.3 is 10.3 Å². The number of carbonyl (C=O) groups excluding carboxylic acids is 1. The minimum atomic E-state index is -0.288. The first-order valence-electron chi connectivity index (χ1n) is 7.43. The molecule has 1 amide bonds. The zero-order valence-corrected chi connectivity index (χ0v) is 11.9. The highest BCUT2D eigenvalue weighted by atomic mass is 16.1. The third-order valence-electron chi connectivity index (χ3n) is 4.02. The van der Waals surface area contributed by atoms with Crippen LogP contribution in [-0.4, -0.2) is 15.9 Å². The Morgan fingerprint density at radius 2 is 2.19 bits per heavy atom. The number of nitriles is 1. The number of nitrogens with zero attached hydrogens (tertiary/aromatic N) is 2. The lowest BCUT2D eigenvalue weighted by atomic mass is 9.89. The van der Waals surface area contributed by atoms with Gasteiger partial charge in [-0.15, -0.1) is 0 Å². The number of rotatable bonds is 3. The molecule has 5 heteroatoms. The summed E-state index contributed by atoms with van der Waals surface area (Å²) in [5.41, 5.74) is 2.56. The molecule has 1 aliphatic carbocycles. The van der Waals surface area contributed by atoms with Gasteiger partial charge in [-0.05, 0) is 31.0 Å². The number of carbonyl (C=O) groups is 1. The molecule has 1 saturated carbocycles. The Labute approximate surface area is 123 Å². The number of aromatic amines is 1. The summed E-state index contributed by atoms with van der Waals surface area (Å²) in [5.74, 6) is 1.30. The number of hydrogen-bond acceptors (Lipinski definition) is 3. The molecule has 2 aromatic rings. The van der Waals surface area contributed by atoms with Crippen LogP contribution < -0.4 is 5.32 Å². The monoisotopic (exact) mass is 282 g/mol. The molecule has 2 N–H and O–H groups in total. The summed E-state index contributed by atoms with van der Waals surface area (Å²) < 4.78 is 0. The van der Waals surface area contributed by atoms with Crippen molar-refractivity contribution in [2.75, 3.05) is 5.32 Å². The van der Waals surface area contributed by atoms with Crippen molar-refractivity contribution in [1.29, 1.82) is 5.26 Å². The van der Waals surface area contributed by atoms with Gasteiger partial charge >= 0.3 is 0 Å². The average molecular weight is 282 g/mol. The SMILES string of the molecule is N#CCC(=O)Nc1ccc2nc(C3CCCCC3)[nH]c2c1. The summed E-state index contributed by atoms with van der Waals surface area (Å²) in [5, 5.41) is 11.2. The Morgan fingerprint density at radius 1 is 1.38 bits per heavy atom. The van der Waals surface area contributed by atoms with Crippen molar-refractivity contribution in [3.8, 4) is 6.07 Å². The van der Waals surface area contributed by atoms with E-state index in [1.165, 1.54) is 32.1 Å². The smallest absolute Gasteiger partial charge is 0.238 e. The maximum atomic E-state index is 11.4. The number of imidazole rings is 1. The lowest BCUT2D eigenvalue weighted by molar-refractivity contribution is -0.115. The molecular weight excluding hydrogens is 264 g/mol. The van der Waals surface area contributed by atoms with Gasteiger partial charge in [-0.2, -0.15) is 5.26 Å². The first kappa shape index (κ1) is 13.6. The van der Waals surface area contributed by atoms with Crippen LogP contribution in [0.1, 0.15) is 50.3 Å². The summed E-state index contributed by atoms with van der Waals surface area (Å²) >= 11 is 0.